The summed E-state index contributed by atoms with van der Waals surface area (Å²) in [6, 6.07) is 6.24. The van der Waals surface area contributed by atoms with Crippen molar-refractivity contribution in [2.45, 2.75) is 26.2 Å². The molecule has 1 aliphatic heterocycles. The summed E-state index contributed by atoms with van der Waals surface area (Å²) in [6.07, 6.45) is 2.66. The van der Waals surface area contributed by atoms with E-state index in [1.54, 1.807) is 35.3 Å². The number of ether oxygens (including phenoxy) is 1. The number of piperidine rings is 1. The third-order valence-electron chi connectivity index (χ3n) is 5.34. The molecule has 1 fully saturated rings. The Morgan fingerprint density at radius 3 is 2.93 bits per heavy atom. The molecule has 30 heavy (non-hydrogen) atoms. The standard InChI is InChI=1S/C21H26FN5O2S/c1-14-18-19(27(25-14)17-8-6-16(22)7-9-17)24-21(30-18)26-11-3-5-15(13-26)20(28)23-10-4-12-29-2/h6-9,15H,3-5,10-13H2,1-2H3,(H,23,28). The lowest BCUT2D eigenvalue weighted by Crippen LogP contribution is -2.43. The van der Waals surface area contributed by atoms with Gasteiger partial charge in [0.25, 0.3) is 0 Å². The molecule has 1 N–H and O–H groups in total. The lowest BCUT2D eigenvalue weighted by Gasteiger charge is -2.31. The Labute approximate surface area is 178 Å². The fourth-order valence-electron chi connectivity index (χ4n) is 3.76. The normalized spacial score (nSPS) is 16.9. The molecule has 0 spiro atoms. The Hall–Kier alpha value is -2.52. The Morgan fingerprint density at radius 2 is 2.17 bits per heavy atom. The highest BCUT2D eigenvalue weighted by Gasteiger charge is 2.28. The number of aryl methyl sites for hydroxylation is 1. The Balaban J connectivity index is 1.51. The lowest BCUT2D eigenvalue weighted by molar-refractivity contribution is -0.125. The number of anilines is 1. The zero-order chi connectivity index (χ0) is 21.1. The van der Waals surface area contributed by atoms with Crippen LogP contribution in [0.3, 0.4) is 0 Å². The fourth-order valence-corrected chi connectivity index (χ4v) is 4.78. The van der Waals surface area contributed by atoms with Gasteiger partial charge in [-0.15, -0.1) is 0 Å². The number of benzene rings is 1. The summed E-state index contributed by atoms with van der Waals surface area (Å²) in [4.78, 5) is 19.6. The van der Waals surface area contributed by atoms with Crippen LogP contribution in [0, 0.1) is 18.7 Å². The summed E-state index contributed by atoms with van der Waals surface area (Å²) in [5, 5.41) is 8.50. The van der Waals surface area contributed by atoms with Gasteiger partial charge < -0.3 is 15.0 Å². The van der Waals surface area contributed by atoms with Crippen molar-refractivity contribution < 1.29 is 13.9 Å². The number of aromatic nitrogens is 3. The van der Waals surface area contributed by atoms with E-state index < -0.39 is 0 Å². The van der Waals surface area contributed by atoms with Gasteiger partial charge in [0.15, 0.2) is 10.8 Å². The maximum absolute atomic E-state index is 13.3. The van der Waals surface area contributed by atoms with Gasteiger partial charge in [0.05, 0.1) is 22.0 Å². The molecule has 0 aliphatic carbocycles. The van der Waals surface area contributed by atoms with Crippen LogP contribution in [0.1, 0.15) is 25.0 Å². The second-order valence-corrected chi connectivity index (χ2v) is 8.52. The predicted octanol–water partition coefficient (Wildman–Crippen LogP) is 3.30. The summed E-state index contributed by atoms with van der Waals surface area (Å²) in [6.45, 7) is 4.78. The largest absolute Gasteiger partial charge is 0.385 e. The topological polar surface area (TPSA) is 72.3 Å². The minimum atomic E-state index is -0.280. The Bertz CT molecular complexity index is 1020. The molecular formula is C21H26FN5O2S. The summed E-state index contributed by atoms with van der Waals surface area (Å²) in [5.74, 6) is -0.216. The zero-order valence-electron chi connectivity index (χ0n) is 17.2. The molecular weight excluding hydrogens is 405 g/mol. The van der Waals surface area contributed by atoms with E-state index in [-0.39, 0.29) is 17.6 Å². The minimum absolute atomic E-state index is 0.0389. The quantitative estimate of drug-likeness (QED) is 0.581. The second-order valence-electron chi connectivity index (χ2n) is 7.55. The molecule has 160 valence electrons. The van der Waals surface area contributed by atoms with Gasteiger partial charge in [-0.3, -0.25) is 4.79 Å². The van der Waals surface area contributed by atoms with Gasteiger partial charge in [-0.2, -0.15) is 10.1 Å². The molecule has 1 aromatic carbocycles. The first kappa shape index (κ1) is 20.7. The molecule has 1 saturated heterocycles. The van der Waals surface area contributed by atoms with Crippen LogP contribution < -0.4 is 10.2 Å². The number of fused-ring (bicyclic) bond motifs is 1. The highest BCUT2D eigenvalue weighted by molar-refractivity contribution is 7.22. The molecule has 2 aromatic heterocycles. The van der Waals surface area contributed by atoms with Crippen LogP contribution >= 0.6 is 11.3 Å². The number of methoxy groups -OCH3 is 1. The van der Waals surface area contributed by atoms with E-state index in [4.69, 9.17) is 9.72 Å². The average Bonchev–Trinajstić information content (AvgIpc) is 3.33. The molecule has 7 nitrogen and oxygen atoms in total. The van der Waals surface area contributed by atoms with E-state index in [1.165, 1.54) is 12.1 Å². The first-order valence-electron chi connectivity index (χ1n) is 10.2. The smallest absolute Gasteiger partial charge is 0.224 e. The van der Waals surface area contributed by atoms with Gasteiger partial charge in [0, 0.05) is 33.4 Å². The van der Waals surface area contributed by atoms with Gasteiger partial charge in [-0.1, -0.05) is 11.3 Å². The average molecular weight is 432 g/mol. The molecule has 0 saturated carbocycles. The van der Waals surface area contributed by atoms with Gasteiger partial charge in [0.1, 0.15) is 5.82 Å². The molecule has 0 bridgehead atoms. The number of carbonyl (C=O) groups is 1. The fraction of sp³-hybridized carbons (Fsp3) is 0.476. The van der Waals surface area contributed by atoms with Crippen LogP contribution in [0.5, 0.6) is 0 Å². The SMILES string of the molecule is COCCCNC(=O)C1CCCN(c2nc3c(s2)c(C)nn3-c2ccc(F)cc2)C1. The number of halogens is 1. The van der Waals surface area contributed by atoms with Crippen LogP contribution in [0.25, 0.3) is 16.0 Å². The van der Waals surface area contributed by atoms with E-state index in [2.05, 4.69) is 15.3 Å². The molecule has 1 aliphatic rings. The van der Waals surface area contributed by atoms with Crippen LogP contribution in [0.4, 0.5) is 9.52 Å². The van der Waals surface area contributed by atoms with Crippen LogP contribution in [-0.4, -0.2) is 54.0 Å². The molecule has 9 heteroatoms. The van der Waals surface area contributed by atoms with Crippen LogP contribution in [0.2, 0.25) is 0 Å². The van der Waals surface area contributed by atoms with Crippen molar-refractivity contribution in [3.05, 3.63) is 35.8 Å². The summed E-state index contributed by atoms with van der Waals surface area (Å²) < 4.78 is 21.1. The maximum Gasteiger partial charge on any atom is 0.224 e. The lowest BCUT2D eigenvalue weighted by atomic mass is 9.97. The number of nitrogens with zero attached hydrogens (tertiary/aromatic N) is 4. The van der Waals surface area contributed by atoms with E-state index in [0.717, 1.165) is 52.7 Å². The summed E-state index contributed by atoms with van der Waals surface area (Å²) in [7, 11) is 1.66. The van der Waals surface area contributed by atoms with E-state index in [9.17, 15) is 9.18 Å². The number of amides is 1. The third-order valence-corrected chi connectivity index (χ3v) is 6.55. The maximum atomic E-state index is 13.3. The number of thiazole rings is 1. The molecule has 1 amide bonds. The van der Waals surface area contributed by atoms with E-state index in [1.807, 2.05) is 6.92 Å². The van der Waals surface area contributed by atoms with Crippen LogP contribution in [0.15, 0.2) is 24.3 Å². The minimum Gasteiger partial charge on any atom is -0.385 e. The van der Waals surface area contributed by atoms with E-state index >= 15 is 0 Å². The second kappa shape index (κ2) is 9.09. The summed E-state index contributed by atoms with van der Waals surface area (Å²) >= 11 is 1.60. The first-order chi connectivity index (χ1) is 14.6. The third kappa shape index (κ3) is 4.32. The zero-order valence-corrected chi connectivity index (χ0v) is 18.0. The van der Waals surface area contributed by atoms with Gasteiger partial charge in [0.2, 0.25) is 5.91 Å². The number of carbonyl (C=O) groups excluding carboxylic acids is 1. The molecule has 1 unspecified atom stereocenters. The highest BCUT2D eigenvalue weighted by Crippen LogP contribution is 2.34. The van der Waals surface area contributed by atoms with E-state index in [0.29, 0.717) is 19.7 Å². The number of nitrogens with one attached hydrogen (secondary N) is 1. The van der Waals surface area contributed by atoms with Crippen molar-refractivity contribution in [2.24, 2.45) is 5.92 Å². The number of hydrogen-bond donors (Lipinski definition) is 1. The molecule has 3 aromatic rings. The van der Waals surface area contributed by atoms with Gasteiger partial charge in [-0.05, 0) is 50.5 Å². The number of hydrogen-bond acceptors (Lipinski definition) is 6. The highest BCUT2D eigenvalue weighted by atomic mass is 32.1. The molecule has 3 heterocycles. The van der Waals surface area contributed by atoms with Crippen molar-refractivity contribution in [1.82, 2.24) is 20.1 Å². The predicted molar refractivity (Wildman–Crippen MR) is 116 cm³/mol. The van der Waals surface area contributed by atoms with Gasteiger partial charge in [-0.25, -0.2) is 9.07 Å². The Kier molecular flexibility index (Phi) is 6.29. The molecule has 4 rings (SSSR count). The van der Waals surface area contributed by atoms with Crippen molar-refractivity contribution >= 4 is 32.7 Å². The first-order valence-corrected chi connectivity index (χ1v) is 11.0. The molecule has 0 radical (unpaired) electrons. The van der Waals surface area contributed by atoms with Crippen molar-refractivity contribution in [1.29, 1.82) is 0 Å². The van der Waals surface area contributed by atoms with Gasteiger partial charge >= 0.3 is 0 Å². The van der Waals surface area contributed by atoms with Crippen molar-refractivity contribution in [3.8, 4) is 5.69 Å². The van der Waals surface area contributed by atoms with Crippen molar-refractivity contribution in [2.75, 3.05) is 38.3 Å². The number of rotatable bonds is 7. The summed E-state index contributed by atoms with van der Waals surface area (Å²) in [5.41, 5.74) is 2.44. The van der Waals surface area contributed by atoms with Crippen molar-refractivity contribution in [3.63, 3.8) is 0 Å². The monoisotopic (exact) mass is 431 g/mol. The molecule has 1 atom stereocenters. The van der Waals surface area contributed by atoms with Crippen LogP contribution in [-0.2, 0) is 9.53 Å². The Morgan fingerprint density at radius 1 is 1.37 bits per heavy atom.